The zero-order valence-electron chi connectivity index (χ0n) is 25.0. The standard InChI is InChI=1S/C33H32N2O6S4.H2O/c1-2-23(21-30-34(17-7-19-44(36,37)38)32-26-11-5-3-9-24(26)13-15-28(32)42-30)22-31-35(18-8-20-45(39,40)41)33-27-12-6-4-10-25(27)14-16-29(33)43-31;/h3-6,9-16,21-22H,2,7-8,17-20H2,1H3,(H-,36,37,38,39,40,41);1H2. The van der Waals surface area contributed by atoms with Gasteiger partial charge in [-0.3, -0.25) is 9.11 Å². The van der Waals surface area contributed by atoms with Gasteiger partial charge in [0.2, 0.25) is 5.52 Å². The van der Waals surface area contributed by atoms with Gasteiger partial charge in [0.1, 0.15) is 4.70 Å². The van der Waals surface area contributed by atoms with Gasteiger partial charge in [-0.1, -0.05) is 84.6 Å². The van der Waals surface area contributed by atoms with E-state index in [1.54, 1.807) is 23.1 Å². The highest BCUT2D eigenvalue weighted by atomic mass is 32.2. The molecule has 2 heterocycles. The topological polar surface area (TPSA) is 146 Å². The first-order chi connectivity index (χ1) is 21.5. The number of aromatic nitrogens is 1. The van der Waals surface area contributed by atoms with Crippen LogP contribution in [0.2, 0.25) is 0 Å². The molecule has 9 nitrogen and oxygen atoms in total. The van der Waals surface area contributed by atoms with Gasteiger partial charge in [-0.25, -0.2) is 0 Å². The average molecular weight is 699 g/mol. The monoisotopic (exact) mass is 698 g/mol. The molecule has 0 unspecified atom stereocenters. The first-order valence-corrected chi connectivity index (χ1v) is 19.5. The fraction of sp³-hybridized carbons (Fsp3) is 0.242. The highest BCUT2D eigenvalue weighted by molar-refractivity contribution is 8.03. The Morgan fingerprint density at radius 3 is 2.17 bits per heavy atom. The molecular formula is C33H34N2O7S4. The summed E-state index contributed by atoms with van der Waals surface area (Å²) in [6, 6.07) is 24.6. The molecule has 0 amide bonds. The predicted octanol–water partition coefficient (Wildman–Crippen LogP) is 7.12. The van der Waals surface area contributed by atoms with Crippen LogP contribution in [-0.2, 0) is 26.8 Å². The number of thiazole rings is 1. The Morgan fingerprint density at radius 1 is 0.848 bits per heavy atom. The molecule has 3 N–H and O–H groups in total. The molecule has 1 aliphatic heterocycles. The molecule has 4 aromatic carbocycles. The molecule has 5 aromatic rings. The molecule has 1 aromatic heterocycles. The summed E-state index contributed by atoms with van der Waals surface area (Å²) in [5.41, 5.74) is 3.11. The number of nitrogens with zero attached hydrogens (tertiary/aromatic N) is 2. The van der Waals surface area contributed by atoms with Crippen LogP contribution in [0.5, 0.6) is 0 Å². The van der Waals surface area contributed by atoms with Crippen molar-refractivity contribution in [2.75, 3.05) is 23.0 Å². The summed E-state index contributed by atoms with van der Waals surface area (Å²) in [6.45, 7) is 2.92. The van der Waals surface area contributed by atoms with Gasteiger partial charge in [-0.05, 0) is 53.5 Å². The molecule has 0 bridgehead atoms. The first kappa shape index (κ1) is 34.0. The average Bonchev–Trinajstić information content (AvgIpc) is 3.53. The second-order valence-electron chi connectivity index (χ2n) is 10.9. The fourth-order valence-corrected chi connectivity index (χ4v) is 9.13. The van der Waals surface area contributed by atoms with E-state index in [9.17, 15) is 25.9 Å². The minimum atomic E-state index is -4.09. The lowest BCUT2D eigenvalue weighted by molar-refractivity contribution is -0.667. The van der Waals surface area contributed by atoms with Gasteiger partial charge in [-0.2, -0.15) is 21.4 Å². The lowest BCUT2D eigenvalue weighted by atomic mass is 10.1. The molecule has 242 valence electrons. The number of hydrogen-bond acceptors (Lipinski definition) is 8. The maximum atomic E-state index is 11.5. The van der Waals surface area contributed by atoms with Crippen LogP contribution >= 0.6 is 23.1 Å². The van der Waals surface area contributed by atoms with Crippen molar-refractivity contribution in [2.24, 2.45) is 0 Å². The van der Waals surface area contributed by atoms with Crippen molar-refractivity contribution in [3.63, 3.8) is 0 Å². The van der Waals surface area contributed by atoms with Crippen LogP contribution in [0.3, 0.4) is 0 Å². The predicted molar refractivity (Wildman–Crippen MR) is 187 cm³/mol. The zero-order valence-corrected chi connectivity index (χ0v) is 28.3. The molecule has 6 rings (SSSR count). The lowest BCUT2D eigenvalue weighted by Crippen LogP contribution is -2.36. The van der Waals surface area contributed by atoms with Gasteiger partial charge in [0, 0.05) is 29.3 Å². The van der Waals surface area contributed by atoms with Crippen molar-refractivity contribution < 1.29 is 36.0 Å². The summed E-state index contributed by atoms with van der Waals surface area (Å²) >= 11 is 3.27. The van der Waals surface area contributed by atoms with E-state index in [0.717, 1.165) is 64.4 Å². The summed E-state index contributed by atoms with van der Waals surface area (Å²) in [5, 5.41) is 6.27. The van der Waals surface area contributed by atoms with E-state index < -0.39 is 20.2 Å². The summed E-state index contributed by atoms with van der Waals surface area (Å²) < 4.78 is 68.2. The third kappa shape index (κ3) is 7.46. The number of benzene rings is 4. The minimum Gasteiger partial charge on any atom is -0.870 e. The third-order valence-electron chi connectivity index (χ3n) is 7.82. The Bertz CT molecular complexity index is 2210. The van der Waals surface area contributed by atoms with Crippen molar-refractivity contribution in [1.29, 1.82) is 0 Å². The fourth-order valence-electron chi connectivity index (χ4n) is 5.78. The number of aryl methyl sites for hydroxylation is 1. The Morgan fingerprint density at radius 2 is 1.48 bits per heavy atom. The Hall–Kier alpha value is -3.30. The van der Waals surface area contributed by atoms with Crippen LogP contribution in [0.25, 0.3) is 37.8 Å². The highest BCUT2D eigenvalue weighted by Gasteiger charge is 2.28. The highest BCUT2D eigenvalue weighted by Crippen LogP contribution is 2.50. The van der Waals surface area contributed by atoms with E-state index in [4.69, 9.17) is 0 Å². The molecule has 0 radical (unpaired) electrons. The zero-order chi connectivity index (χ0) is 31.8. The molecule has 0 saturated heterocycles. The van der Waals surface area contributed by atoms with Crippen LogP contribution in [0.15, 0.2) is 94.4 Å². The summed E-state index contributed by atoms with van der Waals surface area (Å²) in [6.07, 6.45) is 5.53. The molecule has 0 fully saturated rings. The summed E-state index contributed by atoms with van der Waals surface area (Å²) in [7, 11) is -8.18. The second kappa shape index (κ2) is 13.8. The summed E-state index contributed by atoms with van der Waals surface area (Å²) in [5.74, 6) is -0.644. The van der Waals surface area contributed by atoms with Gasteiger partial charge in [0.25, 0.3) is 25.2 Å². The van der Waals surface area contributed by atoms with Gasteiger partial charge in [0.15, 0.2) is 6.54 Å². The maximum absolute atomic E-state index is 11.5. The van der Waals surface area contributed by atoms with E-state index >= 15 is 0 Å². The second-order valence-corrected chi connectivity index (χ2v) is 16.2. The SMILES string of the molecule is CCC(=Cc1sc2ccc3ccccc3c2[n+]1CCCS(=O)(=O)O)C=C1Sc2ccc3ccccc3c2N1CCCS(=O)(=O)O.[OH-]. The van der Waals surface area contributed by atoms with Gasteiger partial charge >= 0.3 is 0 Å². The molecule has 1 aliphatic rings. The quantitative estimate of drug-likeness (QED) is 0.109. The van der Waals surface area contributed by atoms with Crippen molar-refractivity contribution in [1.82, 2.24) is 0 Å². The number of allylic oxidation sites excluding steroid dienone is 2. The summed E-state index contributed by atoms with van der Waals surface area (Å²) in [4.78, 5) is 3.23. The lowest BCUT2D eigenvalue weighted by Gasteiger charge is -2.22. The smallest absolute Gasteiger partial charge is 0.265 e. The number of fused-ring (bicyclic) bond motifs is 6. The molecule has 46 heavy (non-hydrogen) atoms. The van der Waals surface area contributed by atoms with Crippen molar-refractivity contribution >= 4 is 86.9 Å². The number of rotatable bonds is 11. The van der Waals surface area contributed by atoms with E-state index in [1.807, 2.05) is 24.3 Å². The third-order valence-corrected chi connectivity index (χ3v) is 11.6. The van der Waals surface area contributed by atoms with Crippen molar-refractivity contribution in [2.45, 2.75) is 37.6 Å². The van der Waals surface area contributed by atoms with Gasteiger partial charge in [-0.15, -0.1) is 0 Å². The van der Waals surface area contributed by atoms with Crippen LogP contribution in [-0.4, -0.2) is 49.5 Å². The Balaban J connectivity index is 0.00000417. The normalized spacial score (nSPS) is 14.8. The van der Waals surface area contributed by atoms with E-state index in [1.165, 1.54) is 0 Å². The number of hydrogen-bond donors (Lipinski definition) is 2. The molecular weight excluding hydrogens is 665 g/mol. The van der Waals surface area contributed by atoms with E-state index in [-0.39, 0.29) is 29.8 Å². The number of thioether (sulfide) groups is 1. The number of anilines is 1. The maximum Gasteiger partial charge on any atom is 0.265 e. The van der Waals surface area contributed by atoms with E-state index in [2.05, 4.69) is 77.1 Å². The van der Waals surface area contributed by atoms with Gasteiger partial charge in [0.05, 0.1) is 27.6 Å². The molecule has 0 atom stereocenters. The van der Waals surface area contributed by atoms with E-state index in [0.29, 0.717) is 13.1 Å². The molecule has 0 spiro atoms. The Labute approximate surface area is 276 Å². The first-order valence-electron chi connectivity index (χ1n) is 14.6. The molecule has 13 heteroatoms. The van der Waals surface area contributed by atoms with Crippen LogP contribution < -0.4 is 9.47 Å². The largest absolute Gasteiger partial charge is 0.870 e. The van der Waals surface area contributed by atoms with Crippen LogP contribution in [0.4, 0.5) is 5.69 Å². The van der Waals surface area contributed by atoms with Crippen LogP contribution in [0, 0.1) is 0 Å². The van der Waals surface area contributed by atoms with Crippen molar-refractivity contribution in [3.05, 3.63) is 94.5 Å². The van der Waals surface area contributed by atoms with Crippen molar-refractivity contribution in [3.8, 4) is 0 Å². The van der Waals surface area contributed by atoms with Gasteiger partial charge < -0.3 is 10.4 Å². The minimum absolute atomic E-state index is 0. The van der Waals surface area contributed by atoms with Crippen LogP contribution in [0.1, 0.15) is 31.2 Å². The Kier molecular flexibility index (Phi) is 10.2. The molecule has 0 aliphatic carbocycles. The molecule has 0 saturated carbocycles.